The molecule has 0 saturated heterocycles. The molecule has 2 aromatic carbocycles. The minimum absolute atomic E-state index is 0.146. The molecule has 1 unspecified atom stereocenters. The molecule has 138 valence electrons. The number of aliphatic hydroxyl groups is 1. The number of carbonyl (C=O) groups is 1. The maximum atomic E-state index is 13.1. The molecule has 1 aliphatic carbocycles. The van der Waals surface area contributed by atoms with E-state index in [-0.39, 0.29) is 11.8 Å². The molecule has 4 rings (SSSR count). The molecular weight excluding hydrogens is 334 g/mol. The molecule has 2 aliphatic rings. The van der Waals surface area contributed by atoms with Crippen LogP contribution in [-0.4, -0.2) is 35.1 Å². The minimum atomic E-state index is -0.553. The average Bonchev–Trinajstić information content (AvgIpc) is 2.74. The van der Waals surface area contributed by atoms with Gasteiger partial charge in [0.05, 0.1) is 6.10 Å². The van der Waals surface area contributed by atoms with Gasteiger partial charge >= 0.3 is 0 Å². The van der Waals surface area contributed by atoms with Gasteiger partial charge in [-0.25, -0.2) is 0 Å². The summed E-state index contributed by atoms with van der Waals surface area (Å²) in [5, 5.41) is 10.3. The number of carbonyl (C=O) groups excluding carboxylic acids is 1. The third kappa shape index (κ3) is 4.04. The molecule has 0 spiro atoms. The van der Waals surface area contributed by atoms with E-state index >= 15 is 0 Å². The molecule has 0 fully saturated rings. The molecular formula is C24H25NO2. The van der Waals surface area contributed by atoms with Gasteiger partial charge < -0.3 is 10.0 Å². The highest BCUT2D eigenvalue weighted by Gasteiger charge is 2.31. The van der Waals surface area contributed by atoms with Crippen molar-refractivity contribution in [1.82, 2.24) is 4.90 Å². The second-order valence-corrected chi connectivity index (χ2v) is 7.39. The van der Waals surface area contributed by atoms with Crippen molar-refractivity contribution in [1.29, 1.82) is 0 Å². The summed E-state index contributed by atoms with van der Waals surface area (Å²) >= 11 is 0. The number of rotatable bonds is 3. The van der Waals surface area contributed by atoms with Gasteiger partial charge in [-0.15, -0.1) is 0 Å². The van der Waals surface area contributed by atoms with Crippen LogP contribution >= 0.6 is 0 Å². The van der Waals surface area contributed by atoms with E-state index < -0.39 is 6.10 Å². The lowest BCUT2D eigenvalue weighted by molar-refractivity contribution is -0.136. The molecule has 0 saturated carbocycles. The average molecular weight is 359 g/mol. The number of amides is 1. The van der Waals surface area contributed by atoms with E-state index in [9.17, 15) is 9.90 Å². The van der Waals surface area contributed by atoms with Crippen LogP contribution in [0.15, 0.2) is 72.8 Å². The Morgan fingerprint density at radius 3 is 2.15 bits per heavy atom. The number of nitrogens with zero attached hydrogens (tertiary/aromatic N) is 1. The van der Waals surface area contributed by atoms with E-state index in [0.717, 1.165) is 24.1 Å². The number of benzene rings is 2. The maximum absolute atomic E-state index is 13.1. The lowest BCUT2D eigenvalue weighted by Crippen LogP contribution is -2.40. The predicted molar refractivity (Wildman–Crippen MR) is 109 cm³/mol. The number of hydrogen-bond acceptors (Lipinski definition) is 2. The summed E-state index contributed by atoms with van der Waals surface area (Å²) in [7, 11) is 0. The van der Waals surface area contributed by atoms with Crippen LogP contribution in [0.3, 0.4) is 0 Å². The Labute approximate surface area is 160 Å². The van der Waals surface area contributed by atoms with Crippen LogP contribution in [0, 0.1) is 5.92 Å². The third-order valence-electron chi connectivity index (χ3n) is 5.55. The lowest BCUT2D eigenvalue weighted by atomic mass is 9.83. The molecule has 1 heterocycles. The zero-order chi connectivity index (χ0) is 18.6. The van der Waals surface area contributed by atoms with Gasteiger partial charge in [-0.2, -0.15) is 0 Å². The van der Waals surface area contributed by atoms with E-state index in [1.54, 1.807) is 0 Å². The first kappa shape index (κ1) is 17.7. The van der Waals surface area contributed by atoms with Crippen molar-refractivity contribution in [2.45, 2.75) is 25.4 Å². The number of hydrogen-bond donors (Lipinski definition) is 1. The maximum Gasteiger partial charge on any atom is 0.226 e. The molecule has 27 heavy (non-hydrogen) atoms. The Morgan fingerprint density at radius 2 is 1.56 bits per heavy atom. The molecule has 3 nitrogen and oxygen atoms in total. The van der Waals surface area contributed by atoms with Gasteiger partial charge in [0.25, 0.3) is 0 Å². The predicted octanol–water partition coefficient (Wildman–Crippen LogP) is 4.16. The summed E-state index contributed by atoms with van der Waals surface area (Å²) in [5.74, 6) is 0.0193. The second-order valence-electron chi connectivity index (χ2n) is 7.39. The molecule has 2 aromatic rings. The summed E-state index contributed by atoms with van der Waals surface area (Å²) in [4.78, 5) is 15.0. The molecule has 1 N–H and O–H groups in total. The van der Waals surface area contributed by atoms with Gasteiger partial charge in [-0.3, -0.25) is 4.79 Å². The fourth-order valence-electron chi connectivity index (χ4n) is 4.10. The van der Waals surface area contributed by atoms with Crippen molar-refractivity contribution < 1.29 is 9.90 Å². The number of aliphatic hydroxyl groups excluding tert-OH is 1. The van der Waals surface area contributed by atoms with E-state index in [2.05, 4.69) is 30.3 Å². The summed E-state index contributed by atoms with van der Waals surface area (Å²) in [6, 6.07) is 20.4. The Morgan fingerprint density at radius 1 is 0.926 bits per heavy atom. The monoisotopic (exact) mass is 359 g/mol. The van der Waals surface area contributed by atoms with Gasteiger partial charge in [0, 0.05) is 19.0 Å². The van der Waals surface area contributed by atoms with Crippen molar-refractivity contribution in [3.63, 3.8) is 0 Å². The molecule has 1 amide bonds. The fraction of sp³-hybridized carbons (Fsp3) is 0.292. The summed E-state index contributed by atoms with van der Waals surface area (Å²) in [6.07, 6.45) is 5.62. The molecule has 3 heteroatoms. The normalized spacial score (nSPS) is 22.8. The van der Waals surface area contributed by atoms with Crippen molar-refractivity contribution in [3.8, 4) is 0 Å². The summed E-state index contributed by atoms with van der Waals surface area (Å²) in [6.45, 7) is 1.40. The van der Waals surface area contributed by atoms with Crippen LogP contribution in [0.25, 0.3) is 11.1 Å². The van der Waals surface area contributed by atoms with Gasteiger partial charge in [0.1, 0.15) is 0 Å². The van der Waals surface area contributed by atoms with Crippen LogP contribution < -0.4 is 0 Å². The molecule has 0 aromatic heterocycles. The minimum Gasteiger partial charge on any atom is -0.389 e. The smallest absolute Gasteiger partial charge is 0.226 e. The first-order valence-electron chi connectivity index (χ1n) is 9.68. The summed E-state index contributed by atoms with van der Waals surface area (Å²) < 4.78 is 0. The molecule has 0 radical (unpaired) electrons. The van der Waals surface area contributed by atoms with Crippen LogP contribution in [0.2, 0.25) is 0 Å². The van der Waals surface area contributed by atoms with Crippen molar-refractivity contribution >= 4 is 17.1 Å². The Bertz CT molecular complexity index is 854. The highest BCUT2D eigenvalue weighted by molar-refractivity contribution is 5.84. The Balaban J connectivity index is 1.44. The quantitative estimate of drug-likeness (QED) is 0.894. The highest BCUT2D eigenvalue weighted by atomic mass is 16.3. The standard InChI is InChI=1S/C24H25NO2/c26-23-16-21(19-9-5-2-6-10-19)15-22(17-23)24(27)25-13-11-20(12-14-25)18-7-3-1-4-8-18/h1-11,16,22-23,26H,12-15,17H2/t22-,23?/m0/s1. The fourth-order valence-corrected chi connectivity index (χ4v) is 4.10. The van der Waals surface area contributed by atoms with Crippen molar-refractivity contribution in [2.24, 2.45) is 5.92 Å². The van der Waals surface area contributed by atoms with Crippen molar-refractivity contribution in [2.75, 3.05) is 13.1 Å². The first-order valence-corrected chi connectivity index (χ1v) is 9.68. The summed E-state index contributed by atoms with van der Waals surface area (Å²) in [5.41, 5.74) is 4.73. The van der Waals surface area contributed by atoms with Gasteiger partial charge in [-0.05, 0) is 41.5 Å². The lowest BCUT2D eigenvalue weighted by Gasteiger charge is -2.33. The Hall–Kier alpha value is -2.65. The highest BCUT2D eigenvalue weighted by Crippen LogP contribution is 2.33. The molecule has 1 aliphatic heterocycles. The van der Waals surface area contributed by atoms with Gasteiger partial charge in [-0.1, -0.05) is 72.8 Å². The van der Waals surface area contributed by atoms with Gasteiger partial charge in [0.15, 0.2) is 0 Å². The van der Waals surface area contributed by atoms with Crippen LogP contribution in [0.1, 0.15) is 30.4 Å². The van der Waals surface area contributed by atoms with Crippen LogP contribution in [0.5, 0.6) is 0 Å². The molecule has 2 atom stereocenters. The van der Waals surface area contributed by atoms with E-state index in [1.165, 1.54) is 11.1 Å². The van der Waals surface area contributed by atoms with E-state index in [4.69, 9.17) is 0 Å². The molecule has 0 bridgehead atoms. The zero-order valence-corrected chi connectivity index (χ0v) is 15.4. The van der Waals surface area contributed by atoms with Crippen LogP contribution in [0.4, 0.5) is 0 Å². The largest absolute Gasteiger partial charge is 0.389 e. The van der Waals surface area contributed by atoms with E-state index in [0.29, 0.717) is 19.4 Å². The van der Waals surface area contributed by atoms with Crippen LogP contribution in [-0.2, 0) is 4.79 Å². The second kappa shape index (κ2) is 7.93. The first-order chi connectivity index (χ1) is 13.2. The van der Waals surface area contributed by atoms with Crippen molar-refractivity contribution in [3.05, 3.63) is 83.9 Å². The topological polar surface area (TPSA) is 40.5 Å². The third-order valence-corrected chi connectivity index (χ3v) is 5.55. The SMILES string of the molecule is O=C([C@H]1CC(c2ccccc2)=CC(O)C1)N1CC=C(c2ccccc2)CC1. The zero-order valence-electron chi connectivity index (χ0n) is 15.4. The van der Waals surface area contributed by atoms with E-state index in [1.807, 2.05) is 47.4 Å². The van der Waals surface area contributed by atoms with Gasteiger partial charge in [0.2, 0.25) is 5.91 Å². The number of allylic oxidation sites excluding steroid dienone is 1. The Kier molecular flexibility index (Phi) is 5.21.